The first-order valence-corrected chi connectivity index (χ1v) is 7.95. The summed E-state index contributed by atoms with van der Waals surface area (Å²) in [5.41, 5.74) is 0.864. The second-order valence-electron chi connectivity index (χ2n) is 7.62. The van der Waals surface area contributed by atoms with E-state index in [0.717, 1.165) is 32.4 Å². The van der Waals surface area contributed by atoms with E-state index >= 15 is 0 Å². The fourth-order valence-corrected chi connectivity index (χ4v) is 5.84. The summed E-state index contributed by atoms with van der Waals surface area (Å²) in [7, 11) is 2.16. The van der Waals surface area contributed by atoms with Crippen LogP contribution in [0.3, 0.4) is 0 Å². The number of allylic oxidation sites excluding steroid dienone is 2. The van der Waals surface area contributed by atoms with Crippen molar-refractivity contribution in [1.82, 2.24) is 4.90 Å². The van der Waals surface area contributed by atoms with Crippen LogP contribution in [-0.4, -0.2) is 36.6 Å². The molecule has 3 nitrogen and oxygen atoms in total. The van der Waals surface area contributed by atoms with Gasteiger partial charge in [0, 0.05) is 24.3 Å². The minimum absolute atomic E-state index is 0.0445. The molecule has 1 heterocycles. The Hall–Kier alpha value is -0.960. The lowest BCUT2D eigenvalue weighted by atomic mass is 9.64. The molecule has 5 atom stereocenters. The molecule has 20 heavy (non-hydrogen) atoms. The Labute approximate surface area is 120 Å². The van der Waals surface area contributed by atoms with E-state index in [1.54, 1.807) is 0 Å². The highest BCUT2D eigenvalue weighted by molar-refractivity contribution is 6.04. The standard InChI is InChI=1S/C17H23NO2/c1-10-5-12-7-14(19)16-13-3-4-18(2)9-11(13)8-17(12,16)15(20)6-10/h6,11-13,16H,3-5,7-9H2,1-2H3. The summed E-state index contributed by atoms with van der Waals surface area (Å²) in [4.78, 5) is 27.8. The van der Waals surface area contributed by atoms with E-state index in [1.807, 2.05) is 13.0 Å². The van der Waals surface area contributed by atoms with Crippen LogP contribution in [0.15, 0.2) is 11.6 Å². The van der Waals surface area contributed by atoms with E-state index in [2.05, 4.69) is 11.9 Å². The molecule has 0 bridgehead atoms. The van der Waals surface area contributed by atoms with Gasteiger partial charge in [-0.25, -0.2) is 0 Å². The third-order valence-electron chi connectivity index (χ3n) is 6.51. The van der Waals surface area contributed by atoms with Gasteiger partial charge < -0.3 is 4.90 Å². The number of piperidine rings is 1. The quantitative estimate of drug-likeness (QED) is 0.678. The molecule has 0 aromatic carbocycles. The van der Waals surface area contributed by atoms with Crippen molar-refractivity contribution in [3.05, 3.63) is 11.6 Å². The van der Waals surface area contributed by atoms with Gasteiger partial charge in [-0.3, -0.25) is 9.59 Å². The second kappa shape index (κ2) is 4.03. The number of likely N-dealkylation sites (tertiary alicyclic amines) is 1. The SMILES string of the molecule is CC1=CC(=O)C23CC4CN(C)CCC4C2C(=O)CC3C1. The highest BCUT2D eigenvalue weighted by atomic mass is 16.1. The number of nitrogens with zero attached hydrogens (tertiary/aromatic N) is 1. The lowest BCUT2D eigenvalue weighted by Gasteiger charge is -2.36. The predicted molar refractivity (Wildman–Crippen MR) is 76.1 cm³/mol. The van der Waals surface area contributed by atoms with E-state index in [1.165, 1.54) is 5.57 Å². The summed E-state index contributed by atoms with van der Waals surface area (Å²) in [6.45, 7) is 4.19. The lowest BCUT2D eigenvalue weighted by Crippen LogP contribution is -2.41. The van der Waals surface area contributed by atoms with Crippen LogP contribution in [0.1, 0.15) is 32.6 Å². The topological polar surface area (TPSA) is 37.4 Å². The Kier molecular flexibility index (Phi) is 2.57. The van der Waals surface area contributed by atoms with Gasteiger partial charge in [0.25, 0.3) is 0 Å². The summed E-state index contributed by atoms with van der Waals surface area (Å²) in [6.07, 6.45) is 5.53. The molecule has 3 heteroatoms. The number of fused-ring (bicyclic) bond motifs is 2. The molecule has 1 spiro atoms. The summed E-state index contributed by atoms with van der Waals surface area (Å²) in [6, 6.07) is 0. The van der Waals surface area contributed by atoms with Crippen molar-refractivity contribution in [2.45, 2.75) is 32.6 Å². The number of ketones is 2. The van der Waals surface area contributed by atoms with Crippen molar-refractivity contribution in [3.8, 4) is 0 Å². The van der Waals surface area contributed by atoms with Crippen molar-refractivity contribution < 1.29 is 9.59 Å². The van der Waals surface area contributed by atoms with E-state index < -0.39 is 0 Å². The first-order chi connectivity index (χ1) is 9.52. The number of Topliss-reactive ketones (excluding diaryl/α,β-unsaturated/α-hetero) is 1. The van der Waals surface area contributed by atoms with Crippen molar-refractivity contribution in [3.63, 3.8) is 0 Å². The van der Waals surface area contributed by atoms with Gasteiger partial charge >= 0.3 is 0 Å². The second-order valence-corrected chi connectivity index (χ2v) is 7.62. The van der Waals surface area contributed by atoms with Crippen LogP contribution in [-0.2, 0) is 9.59 Å². The van der Waals surface area contributed by atoms with Crippen molar-refractivity contribution >= 4 is 11.6 Å². The highest BCUT2D eigenvalue weighted by Gasteiger charge is 2.67. The number of hydrogen-bond acceptors (Lipinski definition) is 3. The highest BCUT2D eigenvalue weighted by Crippen LogP contribution is 2.64. The molecule has 0 aromatic heterocycles. The number of carbonyl (C=O) groups is 2. The molecule has 0 radical (unpaired) electrons. The maximum absolute atomic E-state index is 12.8. The molecule has 0 amide bonds. The fourth-order valence-electron chi connectivity index (χ4n) is 5.84. The Morgan fingerprint density at radius 3 is 2.90 bits per heavy atom. The molecule has 0 aromatic rings. The van der Waals surface area contributed by atoms with Crippen LogP contribution >= 0.6 is 0 Å². The van der Waals surface area contributed by atoms with E-state index in [0.29, 0.717) is 30.0 Å². The first kappa shape index (κ1) is 12.8. The van der Waals surface area contributed by atoms with Gasteiger partial charge in [0.15, 0.2) is 5.78 Å². The molecule has 3 fully saturated rings. The van der Waals surface area contributed by atoms with Gasteiger partial charge in [-0.05, 0) is 63.6 Å². The minimum Gasteiger partial charge on any atom is -0.306 e. The molecule has 2 saturated carbocycles. The van der Waals surface area contributed by atoms with Crippen molar-refractivity contribution in [1.29, 1.82) is 0 Å². The monoisotopic (exact) mass is 273 g/mol. The van der Waals surface area contributed by atoms with E-state index in [-0.39, 0.29) is 17.1 Å². The van der Waals surface area contributed by atoms with Crippen molar-refractivity contribution in [2.24, 2.45) is 29.1 Å². The largest absolute Gasteiger partial charge is 0.306 e. The van der Waals surface area contributed by atoms with Crippen LogP contribution in [0.2, 0.25) is 0 Å². The number of carbonyl (C=O) groups excluding carboxylic acids is 2. The summed E-state index contributed by atoms with van der Waals surface area (Å²) in [5.74, 6) is 2.04. The maximum atomic E-state index is 12.8. The van der Waals surface area contributed by atoms with Gasteiger partial charge in [0.1, 0.15) is 5.78 Å². The third kappa shape index (κ3) is 1.45. The fraction of sp³-hybridized carbons (Fsp3) is 0.765. The van der Waals surface area contributed by atoms with Gasteiger partial charge in [0.2, 0.25) is 0 Å². The Morgan fingerprint density at radius 1 is 1.30 bits per heavy atom. The zero-order valence-electron chi connectivity index (χ0n) is 12.4. The van der Waals surface area contributed by atoms with Crippen LogP contribution < -0.4 is 0 Å². The summed E-state index contributed by atoms with van der Waals surface area (Å²) < 4.78 is 0. The molecule has 4 rings (SSSR count). The average molecular weight is 273 g/mol. The molecule has 1 saturated heterocycles. The minimum atomic E-state index is -0.308. The Bertz CT molecular complexity index is 523. The normalized spacial score (nSPS) is 47.8. The molecule has 3 aliphatic carbocycles. The van der Waals surface area contributed by atoms with Crippen LogP contribution in [0.4, 0.5) is 0 Å². The molecule has 1 aliphatic heterocycles. The summed E-state index contributed by atoms with van der Waals surface area (Å²) in [5, 5.41) is 0. The van der Waals surface area contributed by atoms with Crippen LogP contribution in [0.25, 0.3) is 0 Å². The van der Waals surface area contributed by atoms with Crippen molar-refractivity contribution in [2.75, 3.05) is 20.1 Å². The van der Waals surface area contributed by atoms with Crippen LogP contribution in [0, 0.1) is 29.1 Å². The number of hydrogen-bond donors (Lipinski definition) is 0. The molecule has 108 valence electrons. The molecule has 4 aliphatic rings. The molecular weight excluding hydrogens is 250 g/mol. The molecular formula is C17H23NO2. The maximum Gasteiger partial charge on any atom is 0.162 e. The van der Waals surface area contributed by atoms with Gasteiger partial charge in [-0.2, -0.15) is 0 Å². The Morgan fingerprint density at radius 2 is 2.10 bits per heavy atom. The zero-order chi connectivity index (χ0) is 14.1. The smallest absolute Gasteiger partial charge is 0.162 e. The first-order valence-electron chi connectivity index (χ1n) is 7.95. The van der Waals surface area contributed by atoms with E-state index in [4.69, 9.17) is 0 Å². The Balaban J connectivity index is 1.78. The summed E-state index contributed by atoms with van der Waals surface area (Å²) >= 11 is 0. The number of rotatable bonds is 0. The lowest BCUT2D eigenvalue weighted by molar-refractivity contribution is -0.132. The average Bonchev–Trinajstić information content (AvgIpc) is 2.83. The zero-order valence-corrected chi connectivity index (χ0v) is 12.4. The molecule has 5 unspecified atom stereocenters. The van der Waals surface area contributed by atoms with E-state index in [9.17, 15) is 9.59 Å². The third-order valence-corrected chi connectivity index (χ3v) is 6.51. The van der Waals surface area contributed by atoms with Gasteiger partial charge in [0.05, 0.1) is 0 Å². The molecule has 0 N–H and O–H groups in total. The van der Waals surface area contributed by atoms with Gasteiger partial charge in [-0.15, -0.1) is 0 Å². The predicted octanol–water partition coefficient (Wildman–Crippen LogP) is 2.07. The van der Waals surface area contributed by atoms with Gasteiger partial charge in [-0.1, -0.05) is 5.57 Å². The van der Waals surface area contributed by atoms with Crippen LogP contribution in [0.5, 0.6) is 0 Å².